The van der Waals surface area contributed by atoms with Gasteiger partial charge in [-0.05, 0) is 54.6 Å². The van der Waals surface area contributed by atoms with Crippen LogP contribution in [0.25, 0.3) is 11.3 Å². The average molecular weight is 459 g/mol. The van der Waals surface area contributed by atoms with Gasteiger partial charge in [0.25, 0.3) is 5.56 Å². The smallest absolute Gasteiger partial charge is 0.266 e. The van der Waals surface area contributed by atoms with Crippen LogP contribution in [-0.2, 0) is 21.4 Å². The van der Waals surface area contributed by atoms with Crippen molar-refractivity contribution in [3.8, 4) is 11.3 Å². The van der Waals surface area contributed by atoms with Crippen LogP contribution in [-0.4, -0.2) is 30.7 Å². The highest BCUT2D eigenvalue weighted by Gasteiger charge is 2.14. The Morgan fingerprint density at radius 2 is 1.69 bits per heavy atom. The zero-order valence-corrected chi connectivity index (χ0v) is 18.4. The van der Waals surface area contributed by atoms with Gasteiger partial charge in [-0.15, -0.1) is 0 Å². The molecule has 0 unspecified atom stereocenters. The van der Waals surface area contributed by atoms with Gasteiger partial charge in [0, 0.05) is 29.8 Å². The number of nitrogens with one attached hydrogen (secondary N) is 2. The largest absolute Gasteiger partial charge is 0.326 e. The van der Waals surface area contributed by atoms with E-state index in [9.17, 15) is 22.4 Å². The van der Waals surface area contributed by atoms with Crippen molar-refractivity contribution in [2.75, 3.05) is 11.9 Å². The number of sulfonamides is 1. The fourth-order valence-corrected chi connectivity index (χ4v) is 3.78. The fourth-order valence-electron chi connectivity index (χ4n) is 2.76. The lowest BCUT2D eigenvalue weighted by atomic mass is 10.1. The lowest BCUT2D eigenvalue weighted by Crippen LogP contribution is -2.32. The number of halogens is 1. The van der Waals surface area contributed by atoms with Crippen molar-refractivity contribution in [1.29, 1.82) is 0 Å². The summed E-state index contributed by atoms with van der Waals surface area (Å²) in [6.07, 6.45) is 0. The highest BCUT2D eigenvalue weighted by Crippen LogP contribution is 2.16. The van der Waals surface area contributed by atoms with Gasteiger partial charge in [0.1, 0.15) is 5.82 Å². The quantitative estimate of drug-likeness (QED) is 0.539. The molecule has 0 atom stereocenters. The molecule has 32 heavy (non-hydrogen) atoms. The number of carbonyl (C=O) groups excluding carboxylic acids is 1. The van der Waals surface area contributed by atoms with Crippen LogP contribution in [0.4, 0.5) is 10.1 Å². The molecule has 1 heterocycles. The van der Waals surface area contributed by atoms with E-state index in [-0.39, 0.29) is 41.2 Å². The van der Waals surface area contributed by atoms with Crippen molar-refractivity contribution in [2.45, 2.75) is 25.3 Å². The van der Waals surface area contributed by atoms with E-state index in [0.29, 0.717) is 16.9 Å². The molecule has 1 amide bonds. The first-order valence-electron chi connectivity index (χ1n) is 9.90. The summed E-state index contributed by atoms with van der Waals surface area (Å²) in [4.78, 5) is 23.8. The summed E-state index contributed by atoms with van der Waals surface area (Å²) in [5.41, 5.74) is 1.20. The Hall–Kier alpha value is -3.37. The first-order valence-corrected chi connectivity index (χ1v) is 11.4. The van der Waals surface area contributed by atoms with Crippen LogP contribution < -0.4 is 15.6 Å². The highest BCUT2D eigenvalue weighted by molar-refractivity contribution is 7.89. The lowest BCUT2D eigenvalue weighted by Gasteiger charge is -2.11. The third-order valence-corrected chi connectivity index (χ3v) is 6.06. The summed E-state index contributed by atoms with van der Waals surface area (Å²) in [6.45, 7) is 3.46. The van der Waals surface area contributed by atoms with E-state index >= 15 is 0 Å². The molecule has 0 aliphatic rings. The van der Waals surface area contributed by atoms with Gasteiger partial charge in [0.2, 0.25) is 15.9 Å². The Morgan fingerprint density at radius 3 is 2.31 bits per heavy atom. The minimum atomic E-state index is -3.82. The van der Waals surface area contributed by atoms with Gasteiger partial charge in [-0.2, -0.15) is 5.10 Å². The number of hydrogen-bond donors (Lipinski definition) is 2. The van der Waals surface area contributed by atoms with Gasteiger partial charge in [0.15, 0.2) is 0 Å². The maximum atomic E-state index is 13.1. The summed E-state index contributed by atoms with van der Waals surface area (Å²) >= 11 is 0. The number of benzene rings is 2. The SMILES string of the molecule is CC(C)C(=O)Nc1ccc(S(=O)(=O)NCCn2nc(-c3ccc(F)cc3)ccc2=O)cc1. The molecule has 0 saturated carbocycles. The lowest BCUT2D eigenvalue weighted by molar-refractivity contribution is -0.118. The summed E-state index contributed by atoms with van der Waals surface area (Å²) in [5.74, 6) is -0.745. The molecule has 0 aliphatic heterocycles. The maximum Gasteiger partial charge on any atom is 0.266 e. The first kappa shape index (κ1) is 23.3. The molecule has 10 heteroatoms. The molecule has 0 fully saturated rings. The summed E-state index contributed by atoms with van der Waals surface area (Å²) in [6, 6.07) is 14.3. The zero-order chi connectivity index (χ0) is 23.3. The second-order valence-corrected chi connectivity index (χ2v) is 9.12. The molecule has 0 spiro atoms. The van der Waals surface area contributed by atoms with E-state index in [1.807, 2.05) is 0 Å². The Bertz CT molecular complexity index is 1250. The van der Waals surface area contributed by atoms with Crippen molar-refractivity contribution in [2.24, 2.45) is 5.92 Å². The third kappa shape index (κ3) is 5.86. The van der Waals surface area contributed by atoms with Gasteiger partial charge >= 0.3 is 0 Å². The van der Waals surface area contributed by atoms with Crippen molar-refractivity contribution in [3.05, 3.63) is 76.8 Å². The maximum absolute atomic E-state index is 13.1. The van der Waals surface area contributed by atoms with Gasteiger partial charge in [-0.3, -0.25) is 9.59 Å². The van der Waals surface area contributed by atoms with Gasteiger partial charge in [-0.1, -0.05) is 13.8 Å². The van der Waals surface area contributed by atoms with E-state index < -0.39 is 10.0 Å². The predicted molar refractivity (Wildman–Crippen MR) is 119 cm³/mol. The molecule has 0 bridgehead atoms. The van der Waals surface area contributed by atoms with Crippen LogP contribution in [0.2, 0.25) is 0 Å². The summed E-state index contributed by atoms with van der Waals surface area (Å²) < 4.78 is 41.7. The number of amides is 1. The van der Waals surface area contributed by atoms with Crippen LogP contribution >= 0.6 is 0 Å². The van der Waals surface area contributed by atoms with Crippen LogP contribution in [0.1, 0.15) is 13.8 Å². The van der Waals surface area contributed by atoms with Crippen molar-refractivity contribution < 1.29 is 17.6 Å². The number of carbonyl (C=O) groups is 1. The van der Waals surface area contributed by atoms with Gasteiger partial charge < -0.3 is 5.32 Å². The fraction of sp³-hybridized carbons (Fsp3) is 0.227. The van der Waals surface area contributed by atoms with Crippen LogP contribution in [0, 0.1) is 11.7 Å². The average Bonchev–Trinajstić information content (AvgIpc) is 2.76. The highest BCUT2D eigenvalue weighted by atomic mass is 32.2. The molecule has 3 aromatic rings. The first-order chi connectivity index (χ1) is 15.2. The molecule has 1 aromatic heterocycles. The number of nitrogens with zero attached hydrogens (tertiary/aromatic N) is 2. The molecular weight excluding hydrogens is 435 g/mol. The second kappa shape index (κ2) is 9.84. The monoisotopic (exact) mass is 458 g/mol. The van der Waals surface area contributed by atoms with Crippen molar-refractivity contribution >= 4 is 21.6 Å². The van der Waals surface area contributed by atoms with Crippen molar-refractivity contribution in [1.82, 2.24) is 14.5 Å². The van der Waals surface area contributed by atoms with Crippen LogP contribution in [0.3, 0.4) is 0 Å². The topological polar surface area (TPSA) is 110 Å². The van der Waals surface area contributed by atoms with Crippen LogP contribution in [0.5, 0.6) is 0 Å². The Kier molecular flexibility index (Phi) is 7.16. The molecule has 168 valence electrons. The molecular formula is C22H23FN4O4S. The van der Waals surface area contributed by atoms with Gasteiger partial charge in [0.05, 0.1) is 17.1 Å². The number of aromatic nitrogens is 2. The Morgan fingerprint density at radius 1 is 1.03 bits per heavy atom. The van der Waals surface area contributed by atoms with E-state index in [1.54, 1.807) is 26.0 Å². The summed E-state index contributed by atoms with van der Waals surface area (Å²) in [7, 11) is -3.82. The van der Waals surface area contributed by atoms with Gasteiger partial charge in [-0.25, -0.2) is 22.2 Å². The minimum Gasteiger partial charge on any atom is -0.326 e. The predicted octanol–water partition coefficient (Wildman–Crippen LogP) is 2.62. The number of hydrogen-bond acceptors (Lipinski definition) is 5. The number of anilines is 1. The Balaban J connectivity index is 1.65. The Labute approximate surface area is 185 Å². The van der Waals surface area contributed by atoms with E-state index in [1.165, 1.54) is 48.5 Å². The molecule has 8 nitrogen and oxygen atoms in total. The van der Waals surface area contributed by atoms with E-state index in [0.717, 1.165) is 4.68 Å². The standard InChI is InChI=1S/C22H23FN4O4S/c1-15(2)22(29)25-18-7-9-19(10-8-18)32(30,31)24-13-14-27-21(28)12-11-20(26-27)16-3-5-17(23)6-4-16/h3-12,15,24H,13-14H2,1-2H3,(H,25,29). The third-order valence-electron chi connectivity index (χ3n) is 4.58. The molecule has 2 N–H and O–H groups in total. The molecule has 0 radical (unpaired) electrons. The van der Waals surface area contributed by atoms with Crippen LogP contribution in [0.15, 0.2) is 70.4 Å². The van der Waals surface area contributed by atoms with Crippen molar-refractivity contribution in [3.63, 3.8) is 0 Å². The molecule has 3 rings (SSSR count). The normalized spacial score (nSPS) is 11.5. The molecule has 0 aliphatic carbocycles. The minimum absolute atomic E-state index is 0.00955. The zero-order valence-electron chi connectivity index (χ0n) is 17.6. The summed E-state index contributed by atoms with van der Waals surface area (Å²) in [5, 5.41) is 6.92. The van der Waals surface area contributed by atoms with E-state index in [4.69, 9.17) is 0 Å². The molecule has 2 aromatic carbocycles. The molecule has 0 saturated heterocycles. The number of rotatable bonds is 8. The van der Waals surface area contributed by atoms with E-state index in [2.05, 4.69) is 15.1 Å². The second-order valence-electron chi connectivity index (χ2n) is 7.35.